The molecule has 2 rings (SSSR count). The summed E-state index contributed by atoms with van der Waals surface area (Å²) in [5, 5.41) is 9.23. The Morgan fingerprint density at radius 3 is 2.24 bits per heavy atom. The fraction of sp³-hybridized carbons (Fsp3) is 0.409. The van der Waals surface area contributed by atoms with Gasteiger partial charge in [-0.2, -0.15) is 0 Å². The van der Waals surface area contributed by atoms with Crippen LogP contribution in [0.5, 0.6) is 0 Å². The summed E-state index contributed by atoms with van der Waals surface area (Å²) in [7, 11) is 0. The van der Waals surface area contributed by atoms with Crippen LogP contribution >= 0.6 is 11.6 Å². The lowest BCUT2D eigenvalue weighted by Crippen LogP contribution is -2.42. The number of aliphatic carboxylic acids is 1. The van der Waals surface area contributed by atoms with Gasteiger partial charge in [-0.1, -0.05) is 29.3 Å². The molecule has 7 heteroatoms. The number of benzene rings is 2. The van der Waals surface area contributed by atoms with Gasteiger partial charge < -0.3 is 9.66 Å². The first kappa shape index (κ1) is 23.7. The molecule has 0 aliphatic heterocycles. The first-order valence-corrected chi connectivity index (χ1v) is 10.8. The van der Waals surface area contributed by atoms with E-state index in [9.17, 15) is 18.8 Å². The molecule has 0 heterocycles. The van der Waals surface area contributed by atoms with Crippen LogP contribution in [0.1, 0.15) is 55.5 Å². The second kappa shape index (κ2) is 9.04. The van der Waals surface area contributed by atoms with Gasteiger partial charge in [-0.15, -0.1) is 4.72 Å². The highest BCUT2D eigenvalue weighted by molar-refractivity contribution is 7.90. The second-order valence-electron chi connectivity index (χ2n) is 8.28. The van der Waals surface area contributed by atoms with Crippen LogP contribution in [0.4, 0.5) is 4.39 Å². The van der Waals surface area contributed by atoms with Crippen molar-refractivity contribution in [3.05, 3.63) is 57.4 Å². The summed E-state index contributed by atoms with van der Waals surface area (Å²) in [6.45, 7) is 11.2. The van der Waals surface area contributed by atoms with E-state index in [4.69, 9.17) is 11.6 Å². The highest BCUT2D eigenvalue weighted by Crippen LogP contribution is 2.36. The number of carbonyl (C=O) groups is 1. The Hall–Kier alpha value is -1.60. The van der Waals surface area contributed by atoms with Crippen molar-refractivity contribution in [1.82, 2.24) is 4.72 Å². The molecule has 0 spiro atoms. The molecule has 2 aromatic carbocycles. The van der Waals surface area contributed by atoms with E-state index in [0.717, 1.165) is 22.3 Å². The zero-order chi connectivity index (χ0) is 22.1. The standard InChI is InChI=1S/C22H27ClFNO3S/c1-12-7-13(2)20(14(3)8-12)15-9-16(21(24)17(23)10-15)18(11-19(26)27)25-29(28)22(4,5)6/h7-10,18,25H,11H2,1-6H3,(H,26,27)/t18?,29-/m1/s1. The number of aryl methyl sites for hydroxylation is 3. The van der Waals surface area contributed by atoms with Crippen molar-refractivity contribution < 1.29 is 18.8 Å². The smallest absolute Gasteiger partial charge is 0.305 e. The van der Waals surface area contributed by atoms with Gasteiger partial charge in [0, 0.05) is 16.9 Å². The van der Waals surface area contributed by atoms with Crippen LogP contribution in [-0.4, -0.2) is 20.4 Å². The second-order valence-corrected chi connectivity index (χ2v) is 10.7. The molecule has 0 aliphatic carbocycles. The fourth-order valence-electron chi connectivity index (χ4n) is 3.34. The van der Waals surface area contributed by atoms with Crippen LogP contribution in [0.3, 0.4) is 0 Å². The van der Waals surface area contributed by atoms with Crippen LogP contribution in [0, 0.1) is 26.6 Å². The molecule has 158 valence electrons. The number of carboxylic acids is 1. The summed E-state index contributed by atoms with van der Waals surface area (Å²) in [6.07, 6.45) is -0.426. The van der Waals surface area contributed by atoms with E-state index in [1.807, 2.05) is 32.9 Å². The number of nitrogens with one attached hydrogen (secondary N) is 1. The topological polar surface area (TPSA) is 72.4 Å². The van der Waals surface area contributed by atoms with E-state index in [1.165, 1.54) is 0 Å². The molecule has 2 N–H and O–H groups in total. The van der Waals surface area contributed by atoms with Crippen molar-refractivity contribution in [3.8, 4) is 11.1 Å². The van der Waals surface area contributed by atoms with E-state index >= 15 is 0 Å². The molecule has 1 unspecified atom stereocenters. The highest BCUT2D eigenvalue weighted by atomic mass is 35.5. The minimum Gasteiger partial charge on any atom is -0.598 e. The summed E-state index contributed by atoms with van der Waals surface area (Å²) in [5.41, 5.74) is 4.84. The number of carboxylic acid groups (broad SMARTS) is 1. The zero-order valence-corrected chi connectivity index (χ0v) is 19.1. The molecular weight excluding hydrogens is 413 g/mol. The van der Waals surface area contributed by atoms with E-state index < -0.39 is 40.4 Å². The maximum absolute atomic E-state index is 14.9. The summed E-state index contributed by atoms with van der Waals surface area (Å²) in [4.78, 5) is 11.4. The Morgan fingerprint density at radius 1 is 1.21 bits per heavy atom. The van der Waals surface area contributed by atoms with Gasteiger partial charge in [-0.25, -0.2) is 4.39 Å². The van der Waals surface area contributed by atoms with Crippen LogP contribution in [0.15, 0.2) is 24.3 Å². The third kappa shape index (κ3) is 5.72. The third-order valence-electron chi connectivity index (χ3n) is 4.58. The average molecular weight is 440 g/mol. The van der Waals surface area contributed by atoms with E-state index in [-0.39, 0.29) is 10.6 Å². The first-order valence-electron chi connectivity index (χ1n) is 9.28. The van der Waals surface area contributed by atoms with E-state index in [1.54, 1.807) is 32.9 Å². The predicted octanol–water partition coefficient (Wildman–Crippen LogP) is 5.64. The molecule has 0 bridgehead atoms. The largest absolute Gasteiger partial charge is 0.598 e. The molecular formula is C22H27ClFNO3S. The maximum Gasteiger partial charge on any atom is 0.305 e. The van der Waals surface area contributed by atoms with Gasteiger partial charge in [-0.3, -0.25) is 4.79 Å². The van der Waals surface area contributed by atoms with Gasteiger partial charge in [0.05, 0.1) is 17.5 Å². The maximum atomic E-state index is 14.9. The Kier molecular flexibility index (Phi) is 7.38. The minimum atomic E-state index is -1.59. The van der Waals surface area contributed by atoms with Crippen LogP contribution in [-0.2, 0) is 16.2 Å². The van der Waals surface area contributed by atoms with E-state index in [2.05, 4.69) is 4.72 Å². The van der Waals surface area contributed by atoms with Gasteiger partial charge in [0.15, 0.2) is 0 Å². The van der Waals surface area contributed by atoms with Gasteiger partial charge in [0.2, 0.25) is 0 Å². The van der Waals surface area contributed by atoms with Crippen LogP contribution in [0.25, 0.3) is 11.1 Å². The molecule has 29 heavy (non-hydrogen) atoms. The number of hydrogen-bond acceptors (Lipinski definition) is 3. The zero-order valence-electron chi connectivity index (χ0n) is 17.5. The summed E-state index contributed by atoms with van der Waals surface area (Å²) in [6, 6.07) is 6.22. The third-order valence-corrected chi connectivity index (χ3v) is 6.47. The quantitative estimate of drug-likeness (QED) is 0.571. The summed E-state index contributed by atoms with van der Waals surface area (Å²) >= 11 is 4.60. The normalized spacial score (nSPS) is 14.0. The Balaban J connectivity index is 2.62. The Labute approximate surface area is 179 Å². The van der Waals surface area contributed by atoms with Crippen molar-refractivity contribution in [2.75, 3.05) is 0 Å². The lowest BCUT2D eigenvalue weighted by Gasteiger charge is -2.28. The van der Waals surface area contributed by atoms with Crippen molar-refractivity contribution in [2.45, 2.75) is 58.8 Å². The van der Waals surface area contributed by atoms with Crippen LogP contribution < -0.4 is 4.72 Å². The molecule has 0 aromatic heterocycles. The SMILES string of the molecule is Cc1cc(C)c(-c2cc(Cl)c(F)c(C(CC(=O)O)N[S@+]([O-])C(C)(C)C)c2)c(C)c1. The van der Waals surface area contributed by atoms with Crippen LogP contribution in [0.2, 0.25) is 5.02 Å². The van der Waals surface area contributed by atoms with Gasteiger partial charge >= 0.3 is 5.97 Å². The monoisotopic (exact) mass is 439 g/mol. The van der Waals surface area contributed by atoms with Crippen molar-refractivity contribution in [2.24, 2.45) is 0 Å². The molecule has 4 nitrogen and oxygen atoms in total. The average Bonchev–Trinajstić information content (AvgIpc) is 2.54. The molecule has 0 saturated carbocycles. The molecule has 2 aromatic rings. The van der Waals surface area contributed by atoms with Crippen molar-refractivity contribution >= 4 is 28.9 Å². The highest BCUT2D eigenvalue weighted by Gasteiger charge is 2.32. The fourth-order valence-corrected chi connectivity index (χ4v) is 4.39. The van der Waals surface area contributed by atoms with Gasteiger partial charge in [0.1, 0.15) is 10.6 Å². The number of hydrogen-bond donors (Lipinski definition) is 2. The predicted molar refractivity (Wildman–Crippen MR) is 117 cm³/mol. The van der Waals surface area contributed by atoms with Crippen molar-refractivity contribution in [3.63, 3.8) is 0 Å². The first-order chi connectivity index (χ1) is 13.3. The van der Waals surface area contributed by atoms with Gasteiger partial charge in [0.25, 0.3) is 0 Å². The van der Waals surface area contributed by atoms with E-state index in [0.29, 0.717) is 5.56 Å². The summed E-state index contributed by atoms with van der Waals surface area (Å²) < 4.78 is 29.7. The molecule has 2 atom stereocenters. The number of halogens is 2. The molecule has 0 saturated heterocycles. The lowest BCUT2D eigenvalue weighted by molar-refractivity contribution is -0.137. The molecule has 0 radical (unpaired) electrons. The summed E-state index contributed by atoms with van der Waals surface area (Å²) in [5.74, 6) is -1.83. The van der Waals surface area contributed by atoms with Gasteiger partial charge in [-0.05, 0) is 75.9 Å². The Bertz CT molecular complexity index is 904. The number of rotatable bonds is 6. The lowest BCUT2D eigenvalue weighted by atomic mass is 9.91. The minimum absolute atomic E-state index is 0.0897. The van der Waals surface area contributed by atoms with Crippen molar-refractivity contribution in [1.29, 1.82) is 0 Å². The molecule has 0 aliphatic rings. The molecule has 0 fully saturated rings. The molecule has 0 amide bonds. The Morgan fingerprint density at radius 2 is 1.76 bits per heavy atom.